The molecule has 0 unspecified atom stereocenters. The summed E-state index contributed by atoms with van der Waals surface area (Å²) in [6.07, 6.45) is 6.99. The molecule has 4 aromatic carbocycles. The molecule has 0 atom stereocenters. The van der Waals surface area contributed by atoms with Crippen LogP contribution < -0.4 is 0 Å². The summed E-state index contributed by atoms with van der Waals surface area (Å²) in [5, 5.41) is 0. The molecular weight excluding hydrogens is 905 g/mol. The predicted octanol–water partition coefficient (Wildman–Crippen LogP) is 18.6. The Morgan fingerprint density at radius 1 is 0.294 bits per heavy atom. The molecule has 0 saturated carbocycles. The smallest absolute Gasteiger partial charge is 0.0833 e. The van der Waals surface area contributed by atoms with Gasteiger partial charge in [-0.05, 0) is 144 Å². The van der Waals surface area contributed by atoms with Gasteiger partial charge in [-0.15, -0.1) is 0 Å². The van der Waals surface area contributed by atoms with Crippen LogP contribution in [-0.2, 0) is 25.7 Å². The van der Waals surface area contributed by atoms with Crippen LogP contribution in [0, 0.1) is 0 Å². The Morgan fingerprint density at radius 3 is 0.676 bits per heavy atom. The topological polar surface area (TPSA) is 57.4 Å². The minimum Gasteiger partial charge on any atom is -0.353 e. The van der Waals surface area contributed by atoms with E-state index in [0.717, 1.165) is 74.1 Å². The molecule has 8 heteroatoms. The fourth-order valence-corrected chi connectivity index (χ4v) is 14.4. The first-order chi connectivity index (χ1) is 33.4. The number of nitrogens with zero attached hydrogens (tertiary/aromatic N) is 2. The maximum absolute atomic E-state index is 6.01. The molecule has 0 amide bonds. The second-order valence-corrected chi connectivity index (χ2v) is 21.3. The van der Waals surface area contributed by atoms with E-state index in [2.05, 4.69) is 187 Å². The van der Waals surface area contributed by atoms with Gasteiger partial charge in [0, 0.05) is 19.6 Å². The van der Waals surface area contributed by atoms with Crippen LogP contribution in [0.5, 0.6) is 0 Å². The number of nitrogens with one attached hydrogen (secondary N) is 2. The van der Waals surface area contributed by atoms with Gasteiger partial charge in [0.2, 0.25) is 0 Å². The number of aromatic amines is 2. The molecule has 0 aliphatic carbocycles. The van der Waals surface area contributed by atoms with Crippen molar-refractivity contribution < 1.29 is 0 Å². The highest BCUT2D eigenvalue weighted by molar-refractivity contribution is 8.00. The average Bonchev–Trinajstić information content (AvgIpc) is 4.16. The molecular formula is C60H62N4S4. The summed E-state index contributed by atoms with van der Waals surface area (Å²) in [6.45, 7) is 18.6. The van der Waals surface area contributed by atoms with E-state index in [1.165, 1.54) is 106 Å². The van der Waals surface area contributed by atoms with Gasteiger partial charge < -0.3 is 9.97 Å². The monoisotopic (exact) mass is 966 g/mol. The minimum atomic E-state index is 0.868. The number of aromatic nitrogens is 4. The van der Waals surface area contributed by atoms with E-state index in [4.69, 9.17) is 9.97 Å². The van der Waals surface area contributed by atoms with Crippen LogP contribution in [0.15, 0.2) is 160 Å². The Kier molecular flexibility index (Phi) is 15.3. The van der Waals surface area contributed by atoms with E-state index in [1.54, 1.807) is 0 Å². The molecule has 8 bridgehead atoms. The van der Waals surface area contributed by atoms with Gasteiger partial charge in [0.1, 0.15) is 0 Å². The van der Waals surface area contributed by atoms with Gasteiger partial charge in [-0.1, -0.05) is 175 Å². The third-order valence-corrected chi connectivity index (χ3v) is 17.6. The lowest BCUT2D eigenvalue weighted by Gasteiger charge is -2.11. The van der Waals surface area contributed by atoms with Crippen molar-refractivity contribution in [3.8, 4) is 0 Å². The molecule has 0 fully saturated rings. The number of aryl methyl sites for hydroxylation is 4. The molecule has 0 radical (unpaired) electrons. The first-order valence-electron chi connectivity index (χ1n) is 24.7. The highest BCUT2D eigenvalue weighted by atomic mass is 32.2. The molecule has 4 nitrogen and oxygen atoms in total. The van der Waals surface area contributed by atoms with E-state index < -0.39 is 0 Å². The van der Waals surface area contributed by atoms with Crippen molar-refractivity contribution in [1.82, 2.24) is 19.9 Å². The van der Waals surface area contributed by atoms with Crippen molar-refractivity contribution in [2.75, 3.05) is 0 Å². The molecule has 5 heterocycles. The van der Waals surface area contributed by atoms with Crippen LogP contribution in [0.25, 0.3) is 44.4 Å². The number of H-pyrrole nitrogens is 2. The summed E-state index contributed by atoms with van der Waals surface area (Å²) in [7, 11) is 0. The average molecular weight is 967 g/mol. The zero-order valence-corrected chi connectivity index (χ0v) is 44.0. The number of rotatable bonds is 16. The van der Waals surface area contributed by atoms with Crippen LogP contribution in [0.4, 0.5) is 0 Å². The first-order valence-corrected chi connectivity index (χ1v) is 27.9. The first kappa shape index (κ1) is 47.9. The Morgan fingerprint density at radius 2 is 0.500 bits per heavy atom. The van der Waals surface area contributed by atoms with E-state index in [1.807, 2.05) is 47.0 Å². The predicted molar refractivity (Wildman–Crippen MR) is 296 cm³/mol. The fraction of sp³-hybridized carbons (Fsp3) is 0.267. The van der Waals surface area contributed by atoms with Gasteiger partial charge in [-0.3, -0.25) is 0 Å². The van der Waals surface area contributed by atoms with E-state index in [9.17, 15) is 0 Å². The molecule has 2 aliphatic heterocycles. The summed E-state index contributed by atoms with van der Waals surface area (Å²) in [5.74, 6) is 0. The standard InChI is InChI=1S/C60H62N4S4/c1-9-41-42(10-2)50-58(66-38-31-23-18-24-32-38)52-45(13-5)46(14-6)54(63-52)60(68-40-35-27-20-28-36-40)56-48(16-8)47(15-7)55(64-56)59(67-39-33-25-19-26-34-39)53-44(12-4)43(11-3)51(62-53)57(49(41)61-50)65-37-29-21-17-22-30-37/h17-36,61,64H,9-16H2,1-8H3. The number of benzene rings is 4. The summed E-state index contributed by atoms with van der Waals surface area (Å²) >= 11 is 7.39. The van der Waals surface area contributed by atoms with Crippen LogP contribution in [0.2, 0.25) is 0 Å². The van der Waals surface area contributed by atoms with E-state index in [-0.39, 0.29) is 0 Å². The lowest BCUT2D eigenvalue weighted by atomic mass is 9.98. The molecule has 3 aromatic heterocycles. The van der Waals surface area contributed by atoms with Gasteiger partial charge in [-0.25, -0.2) is 9.97 Å². The van der Waals surface area contributed by atoms with Crippen molar-refractivity contribution in [2.45, 2.75) is 146 Å². The van der Waals surface area contributed by atoms with Crippen molar-refractivity contribution in [3.05, 3.63) is 166 Å². The van der Waals surface area contributed by atoms with Gasteiger partial charge in [0.15, 0.2) is 0 Å². The zero-order valence-electron chi connectivity index (χ0n) is 40.7. The van der Waals surface area contributed by atoms with Crippen molar-refractivity contribution in [3.63, 3.8) is 0 Å². The Balaban J connectivity index is 1.60. The molecule has 0 spiro atoms. The van der Waals surface area contributed by atoms with E-state index >= 15 is 0 Å². The maximum Gasteiger partial charge on any atom is 0.0833 e. The number of hydrogen-bond acceptors (Lipinski definition) is 6. The van der Waals surface area contributed by atoms with Crippen LogP contribution >= 0.6 is 47.0 Å². The molecule has 0 saturated heterocycles. The lowest BCUT2D eigenvalue weighted by Crippen LogP contribution is -1.92. The summed E-state index contributed by atoms with van der Waals surface area (Å²) < 4.78 is 0. The van der Waals surface area contributed by atoms with Crippen LogP contribution in [0.1, 0.15) is 126 Å². The van der Waals surface area contributed by atoms with Gasteiger partial charge in [-0.2, -0.15) is 0 Å². The summed E-state index contributed by atoms with van der Waals surface area (Å²) in [4.78, 5) is 30.1. The third-order valence-electron chi connectivity index (χ3n) is 13.2. The SMILES string of the molecule is CCC1=C(CC)c2nc1c(Sc1ccccc1)c1[nH]c(c(CC)c1CC)c(Sc1ccccc1)c1nc(c(Sc3ccccc3)c3[nH]c(c(CC)c3CC)c2Sc2ccccc2)C(CC)=C1CC. The van der Waals surface area contributed by atoms with Gasteiger partial charge >= 0.3 is 0 Å². The third kappa shape index (κ3) is 9.10. The Bertz CT molecular complexity index is 2760. The van der Waals surface area contributed by atoms with Crippen LogP contribution in [0.3, 0.4) is 0 Å². The Hall–Kier alpha value is -5.12. The number of hydrogen-bond donors (Lipinski definition) is 2. The second kappa shape index (κ2) is 21.7. The Labute approximate surface area is 420 Å². The van der Waals surface area contributed by atoms with Gasteiger partial charge in [0.05, 0.1) is 64.4 Å². The maximum atomic E-state index is 6.01. The summed E-state index contributed by atoms with van der Waals surface area (Å²) in [6, 6.07) is 43.6. The van der Waals surface area contributed by atoms with Crippen molar-refractivity contribution in [2.24, 2.45) is 0 Å². The minimum absolute atomic E-state index is 0.868. The molecule has 2 aliphatic rings. The molecule has 2 N–H and O–H groups in total. The van der Waals surface area contributed by atoms with Gasteiger partial charge in [0.25, 0.3) is 0 Å². The highest BCUT2D eigenvalue weighted by Gasteiger charge is 2.31. The normalized spacial score (nSPS) is 12.7. The number of allylic oxidation sites excluding steroid dienone is 4. The molecule has 7 aromatic rings. The van der Waals surface area contributed by atoms with Crippen molar-refractivity contribution in [1.29, 1.82) is 0 Å². The molecule has 68 heavy (non-hydrogen) atoms. The molecule has 9 rings (SSSR count). The quantitative estimate of drug-likeness (QED) is 0.101. The molecule has 346 valence electrons. The van der Waals surface area contributed by atoms with Crippen LogP contribution in [-0.4, -0.2) is 19.9 Å². The highest BCUT2D eigenvalue weighted by Crippen LogP contribution is 2.51. The lowest BCUT2D eigenvalue weighted by molar-refractivity contribution is 1.06. The van der Waals surface area contributed by atoms with E-state index in [0.29, 0.717) is 0 Å². The number of fused-ring (bicyclic) bond motifs is 8. The zero-order chi connectivity index (χ0) is 47.3. The second-order valence-electron chi connectivity index (χ2n) is 17.0. The fourth-order valence-electron chi connectivity index (χ4n) is 10.1. The largest absolute Gasteiger partial charge is 0.353 e. The van der Waals surface area contributed by atoms with Crippen molar-refractivity contribution >= 4 is 91.4 Å². The summed E-state index contributed by atoms with van der Waals surface area (Å²) in [5.41, 5.74) is 19.7.